The van der Waals surface area contributed by atoms with E-state index in [1.165, 1.54) is 12.4 Å². The first-order valence-electron chi connectivity index (χ1n) is 5.74. The normalized spacial score (nSPS) is 12.1. The molecule has 1 atom stereocenters. The molecule has 0 saturated heterocycles. The van der Waals surface area contributed by atoms with Gasteiger partial charge in [0.1, 0.15) is 11.9 Å². The van der Waals surface area contributed by atoms with Crippen molar-refractivity contribution in [1.82, 2.24) is 4.98 Å². The third-order valence-electron chi connectivity index (χ3n) is 2.55. The lowest BCUT2D eigenvalue weighted by Gasteiger charge is -2.17. The third kappa shape index (κ3) is 3.99. The first kappa shape index (κ1) is 13.4. The van der Waals surface area contributed by atoms with E-state index in [1.807, 2.05) is 0 Å². The minimum absolute atomic E-state index is 0.0116. The number of nitrogens with two attached hydrogens (primary N) is 1. The molecule has 6 heteroatoms. The maximum Gasteiger partial charge on any atom is 0.310 e. The van der Waals surface area contributed by atoms with Gasteiger partial charge in [-0.1, -0.05) is 19.8 Å². The van der Waals surface area contributed by atoms with Crippen LogP contribution in [-0.4, -0.2) is 22.5 Å². The Morgan fingerprint density at radius 1 is 1.65 bits per heavy atom. The number of nitrogens with zero attached hydrogens (tertiary/aromatic N) is 2. The van der Waals surface area contributed by atoms with Gasteiger partial charge in [0.2, 0.25) is 0 Å². The van der Waals surface area contributed by atoms with E-state index >= 15 is 0 Å². The molecule has 0 aliphatic rings. The van der Waals surface area contributed by atoms with Crippen molar-refractivity contribution in [3.63, 3.8) is 0 Å². The van der Waals surface area contributed by atoms with Crippen molar-refractivity contribution in [3.05, 3.63) is 28.6 Å². The minimum Gasteiger partial charge on any atom is -0.375 e. The molecule has 94 valence electrons. The highest BCUT2D eigenvalue weighted by Gasteiger charge is 2.15. The number of nitro groups is 1. The Morgan fingerprint density at radius 3 is 3.00 bits per heavy atom. The standard InChI is InChI=1S/C11H18N4O2/c1-2-3-4-9(7-12)14-10-5-6-13-8-11(10)15(16)17/h5-6,8-9H,2-4,7,12H2,1H3,(H,13,14). The summed E-state index contributed by atoms with van der Waals surface area (Å²) in [6, 6.07) is 1.67. The highest BCUT2D eigenvalue weighted by Crippen LogP contribution is 2.23. The Kier molecular flexibility index (Phi) is 5.35. The lowest BCUT2D eigenvalue weighted by Crippen LogP contribution is -2.29. The fourth-order valence-electron chi connectivity index (χ4n) is 1.57. The zero-order valence-corrected chi connectivity index (χ0v) is 9.93. The maximum absolute atomic E-state index is 10.8. The van der Waals surface area contributed by atoms with E-state index in [0.717, 1.165) is 19.3 Å². The van der Waals surface area contributed by atoms with Crippen LogP contribution >= 0.6 is 0 Å². The molecule has 0 spiro atoms. The first-order valence-corrected chi connectivity index (χ1v) is 5.74. The topological polar surface area (TPSA) is 94.1 Å². The summed E-state index contributed by atoms with van der Waals surface area (Å²) in [6.07, 6.45) is 5.81. The molecular weight excluding hydrogens is 220 g/mol. The predicted octanol–water partition coefficient (Wildman–Crippen LogP) is 1.92. The van der Waals surface area contributed by atoms with Gasteiger partial charge in [0.15, 0.2) is 0 Å². The molecular formula is C11H18N4O2. The molecule has 0 amide bonds. The van der Waals surface area contributed by atoms with Gasteiger partial charge in [0.25, 0.3) is 0 Å². The largest absolute Gasteiger partial charge is 0.375 e. The van der Waals surface area contributed by atoms with Crippen LogP contribution < -0.4 is 11.1 Å². The number of unbranched alkanes of at least 4 members (excludes halogenated alkanes) is 1. The number of rotatable bonds is 7. The van der Waals surface area contributed by atoms with E-state index in [4.69, 9.17) is 5.73 Å². The van der Waals surface area contributed by atoms with Crippen LogP contribution in [0.2, 0.25) is 0 Å². The van der Waals surface area contributed by atoms with Crippen molar-refractivity contribution in [2.75, 3.05) is 11.9 Å². The van der Waals surface area contributed by atoms with Crippen molar-refractivity contribution in [1.29, 1.82) is 0 Å². The van der Waals surface area contributed by atoms with Crippen LogP contribution in [0, 0.1) is 10.1 Å². The maximum atomic E-state index is 10.8. The number of nitrogens with one attached hydrogen (secondary N) is 1. The van der Waals surface area contributed by atoms with Crippen LogP contribution in [0.4, 0.5) is 11.4 Å². The molecule has 3 N–H and O–H groups in total. The zero-order chi connectivity index (χ0) is 12.7. The fourth-order valence-corrected chi connectivity index (χ4v) is 1.57. The average molecular weight is 238 g/mol. The molecule has 0 aromatic carbocycles. The second-order valence-electron chi connectivity index (χ2n) is 3.87. The Labute approximate surface area is 100 Å². The van der Waals surface area contributed by atoms with Crippen LogP contribution in [0.15, 0.2) is 18.5 Å². The molecule has 1 rings (SSSR count). The number of pyridine rings is 1. The van der Waals surface area contributed by atoms with Crippen LogP contribution in [-0.2, 0) is 0 Å². The number of hydrogen-bond acceptors (Lipinski definition) is 5. The van der Waals surface area contributed by atoms with Gasteiger partial charge in [-0.25, -0.2) is 0 Å². The zero-order valence-electron chi connectivity index (χ0n) is 9.93. The van der Waals surface area contributed by atoms with E-state index < -0.39 is 4.92 Å². The Balaban J connectivity index is 2.75. The minimum atomic E-state index is -0.442. The predicted molar refractivity (Wildman–Crippen MR) is 66.9 cm³/mol. The SMILES string of the molecule is CCCCC(CN)Nc1ccncc1[N+](=O)[O-]. The van der Waals surface area contributed by atoms with Gasteiger partial charge >= 0.3 is 5.69 Å². The molecule has 6 nitrogen and oxygen atoms in total. The second kappa shape index (κ2) is 6.80. The van der Waals surface area contributed by atoms with Gasteiger partial charge in [-0.05, 0) is 12.5 Å². The van der Waals surface area contributed by atoms with Gasteiger partial charge in [0, 0.05) is 18.8 Å². The van der Waals surface area contributed by atoms with Crippen LogP contribution in [0.25, 0.3) is 0 Å². The van der Waals surface area contributed by atoms with Gasteiger partial charge in [0.05, 0.1) is 4.92 Å². The average Bonchev–Trinajstić information content (AvgIpc) is 2.34. The summed E-state index contributed by atoms with van der Waals surface area (Å²) < 4.78 is 0. The molecule has 0 radical (unpaired) electrons. The lowest BCUT2D eigenvalue weighted by atomic mass is 10.1. The van der Waals surface area contributed by atoms with Gasteiger partial charge < -0.3 is 11.1 Å². The molecule has 1 unspecified atom stereocenters. The summed E-state index contributed by atoms with van der Waals surface area (Å²) in [5, 5.41) is 13.9. The number of hydrogen-bond donors (Lipinski definition) is 2. The molecule has 0 bridgehead atoms. The van der Waals surface area contributed by atoms with Crippen molar-refractivity contribution in [3.8, 4) is 0 Å². The summed E-state index contributed by atoms with van der Waals surface area (Å²) in [6.45, 7) is 2.56. The summed E-state index contributed by atoms with van der Waals surface area (Å²) in [7, 11) is 0. The molecule has 0 saturated carbocycles. The molecule has 1 aromatic rings. The van der Waals surface area contributed by atoms with Gasteiger partial charge in [-0.3, -0.25) is 15.1 Å². The third-order valence-corrected chi connectivity index (χ3v) is 2.55. The van der Waals surface area contributed by atoms with Crippen molar-refractivity contribution in [2.45, 2.75) is 32.2 Å². The molecule has 0 aliphatic carbocycles. The Morgan fingerprint density at radius 2 is 2.41 bits per heavy atom. The van der Waals surface area contributed by atoms with Crippen molar-refractivity contribution in [2.24, 2.45) is 5.73 Å². The van der Waals surface area contributed by atoms with E-state index in [-0.39, 0.29) is 11.7 Å². The Hall–Kier alpha value is -1.69. The molecule has 1 heterocycles. The first-order chi connectivity index (χ1) is 8.19. The molecule has 0 aliphatic heterocycles. The monoisotopic (exact) mass is 238 g/mol. The summed E-state index contributed by atoms with van der Waals surface area (Å²) >= 11 is 0. The quantitative estimate of drug-likeness (QED) is 0.559. The second-order valence-corrected chi connectivity index (χ2v) is 3.87. The fraction of sp³-hybridized carbons (Fsp3) is 0.545. The smallest absolute Gasteiger partial charge is 0.310 e. The van der Waals surface area contributed by atoms with Crippen LogP contribution in [0.1, 0.15) is 26.2 Å². The molecule has 1 aromatic heterocycles. The Bertz CT molecular complexity index is 370. The summed E-state index contributed by atoms with van der Waals surface area (Å²) in [5.41, 5.74) is 6.11. The molecule has 17 heavy (non-hydrogen) atoms. The summed E-state index contributed by atoms with van der Waals surface area (Å²) in [5.74, 6) is 0. The highest BCUT2D eigenvalue weighted by atomic mass is 16.6. The summed E-state index contributed by atoms with van der Waals surface area (Å²) in [4.78, 5) is 14.1. The van der Waals surface area contributed by atoms with E-state index in [9.17, 15) is 10.1 Å². The molecule has 0 fully saturated rings. The van der Waals surface area contributed by atoms with Crippen molar-refractivity contribution >= 4 is 11.4 Å². The van der Waals surface area contributed by atoms with E-state index in [2.05, 4.69) is 17.2 Å². The van der Waals surface area contributed by atoms with Crippen LogP contribution in [0.3, 0.4) is 0 Å². The van der Waals surface area contributed by atoms with E-state index in [0.29, 0.717) is 12.2 Å². The van der Waals surface area contributed by atoms with Crippen LogP contribution in [0.5, 0.6) is 0 Å². The van der Waals surface area contributed by atoms with Gasteiger partial charge in [-0.2, -0.15) is 0 Å². The highest BCUT2D eigenvalue weighted by molar-refractivity contribution is 5.60. The number of aromatic nitrogens is 1. The lowest BCUT2D eigenvalue weighted by molar-refractivity contribution is -0.384. The van der Waals surface area contributed by atoms with E-state index in [1.54, 1.807) is 6.07 Å². The van der Waals surface area contributed by atoms with Gasteiger partial charge in [-0.15, -0.1) is 0 Å². The number of anilines is 1. The van der Waals surface area contributed by atoms with Crippen molar-refractivity contribution < 1.29 is 4.92 Å².